The van der Waals surface area contributed by atoms with Gasteiger partial charge in [-0.3, -0.25) is 0 Å². The molecule has 0 aromatic heterocycles. The molecule has 0 radical (unpaired) electrons. The van der Waals surface area contributed by atoms with Crippen LogP contribution in [0.2, 0.25) is 0 Å². The first kappa shape index (κ1) is 9.10. The Labute approximate surface area is 72.7 Å². The van der Waals surface area contributed by atoms with E-state index >= 15 is 0 Å². The molecule has 0 aromatic carbocycles. The summed E-state index contributed by atoms with van der Waals surface area (Å²) in [5, 5.41) is 8.84. The van der Waals surface area contributed by atoms with Gasteiger partial charge < -0.3 is 10.0 Å². The van der Waals surface area contributed by atoms with E-state index in [-0.39, 0.29) is 5.54 Å². The summed E-state index contributed by atoms with van der Waals surface area (Å²) < 4.78 is 0. The molecular weight excluding hydrogens is 154 g/mol. The third kappa shape index (κ3) is 1.60. The van der Waals surface area contributed by atoms with Crippen LogP contribution >= 0.6 is 0 Å². The van der Waals surface area contributed by atoms with E-state index < -0.39 is 5.97 Å². The summed E-state index contributed by atoms with van der Waals surface area (Å²) in [5.41, 5.74) is 0.364. The van der Waals surface area contributed by atoms with Crippen molar-refractivity contribution in [3.05, 3.63) is 11.8 Å². The second-order valence-electron chi connectivity index (χ2n) is 4.01. The number of nitrogens with zero attached hydrogens (tertiary/aromatic N) is 1. The van der Waals surface area contributed by atoms with E-state index in [0.29, 0.717) is 5.70 Å². The van der Waals surface area contributed by atoms with Gasteiger partial charge in [0.2, 0.25) is 0 Å². The van der Waals surface area contributed by atoms with Crippen LogP contribution in [-0.4, -0.2) is 28.1 Å². The topological polar surface area (TPSA) is 40.5 Å². The number of carbonyl (C=O) groups is 1. The number of hydrogen-bond acceptors (Lipinski definition) is 2. The minimum Gasteiger partial charge on any atom is -0.477 e. The van der Waals surface area contributed by atoms with Crippen molar-refractivity contribution >= 4 is 5.97 Å². The van der Waals surface area contributed by atoms with Crippen LogP contribution in [0.25, 0.3) is 0 Å². The predicted molar refractivity (Wildman–Crippen MR) is 46.8 cm³/mol. The largest absolute Gasteiger partial charge is 0.477 e. The van der Waals surface area contributed by atoms with E-state index in [1.807, 2.05) is 25.7 Å². The predicted octanol–water partition coefficient (Wildman–Crippen LogP) is 1.46. The van der Waals surface area contributed by atoms with Crippen molar-refractivity contribution < 1.29 is 9.90 Å². The zero-order valence-electron chi connectivity index (χ0n) is 7.79. The molecule has 1 N–H and O–H groups in total. The molecule has 68 valence electrons. The Morgan fingerprint density at radius 2 is 2.17 bits per heavy atom. The lowest BCUT2D eigenvalue weighted by atomic mass is 10.1. The molecule has 0 amide bonds. The molecule has 3 nitrogen and oxygen atoms in total. The third-order valence-corrected chi connectivity index (χ3v) is 2.01. The van der Waals surface area contributed by atoms with Gasteiger partial charge >= 0.3 is 5.97 Å². The van der Waals surface area contributed by atoms with Crippen LogP contribution in [-0.2, 0) is 4.79 Å². The van der Waals surface area contributed by atoms with Crippen LogP contribution in [0, 0.1) is 0 Å². The summed E-state index contributed by atoms with van der Waals surface area (Å²) in [7, 11) is 0. The lowest BCUT2D eigenvalue weighted by Gasteiger charge is -2.34. The molecule has 1 aliphatic rings. The van der Waals surface area contributed by atoms with Crippen LogP contribution in [0.5, 0.6) is 0 Å². The maximum absolute atomic E-state index is 10.7. The van der Waals surface area contributed by atoms with Crippen LogP contribution < -0.4 is 0 Å². The Balaban J connectivity index is 2.82. The van der Waals surface area contributed by atoms with Crippen molar-refractivity contribution in [2.75, 3.05) is 6.54 Å². The molecule has 0 unspecified atom stereocenters. The Morgan fingerprint density at radius 3 is 2.50 bits per heavy atom. The van der Waals surface area contributed by atoms with Gasteiger partial charge in [-0.15, -0.1) is 0 Å². The number of carboxylic acids is 1. The van der Waals surface area contributed by atoms with Gasteiger partial charge in [0.25, 0.3) is 0 Å². The van der Waals surface area contributed by atoms with E-state index in [0.717, 1.165) is 13.0 Å². The van der Waals surface area contributed by atoms with E-state index in [9.17, 15) is 4.79 Å². The summed E-state index contributed by atoms with van der Waals surface area (Å²) in [6.45, 7) is 6.89. The van der Waals surface area contributed by atoms with Gasteiger partial charge in [0.1, 0.15) is 5.70 Å². The second-order valence-corrected chi connectivity index (χ2v) is 4.01. The van der Waals surface area contributed by atoms with E-state index in [2.05, 4.69) is 0 Å². The van der Waals surface area contributed by atoms with Gasteiger partial charge in [-0.05, 0) is 27.2 Å². The number of rotatable bonds is 1. The second kappa shape index (κ2) is 2.81. The van der Waals surface area contributed by atoms with Crippen LogP contribution in [0.4, 0.5) is 0 Å². The first-order valence-electron chi connectivity index (χ1n) is 4.14. The number of carboxylic acid groups (broad SMARTS) is 1. The van der Waals surface area contributed by atoms with Gasteiger partial charge in [0, 0.05) is 12.1 Å². The van der Waals surface area contributed by atoms with Gasteiger partial charge in [0.05, 0.1) is 0 Å². The number of hydrogen-bond donors (Lipinski definition) is 1. The zero-order chi connectivity index (χ0) is 9.35. The molecule has 0 aromatic rings. The molecule has 0 atom stereocenters. The summed E-state index contributed by atoms with van der Waals surface area (Å²) >= 11 is 0. The fourth-order valence-electron chi connectivity index (χ4n) is 1.46. The standard InChI is InChI=1S/C9H15NO2/c1-9(2,3)10-6-4-5-7(10)8(11)12/h5H,4,6H2,1-3H3,(H,11,12). The van der Waals surface area contributed by atoms with Gasteiger partial charge in [-0.2, -0.15) is 0 Å². The molecular formula is C9H15NO2. The fraction of sp³-hybridized carbons (Fsp3) is 0.667. The minimum atomic E-state index is -0.817. The molecule has 0 fully saturated rings. The SMILES string of the molecule is CC(C)(C)N1CCC=C1C(=O)O. The van der Waals surface area contributed by atoms with Crippen molar-refractivity contribution in [2.45, 2.75) is 32.7 Å². The molecule has 1 rings (SSSR count). The highest BCUT2D eigenvalue weighted by Crippen LogP contribution is 2.24. The van der Waals surface area contributed by atoms with Crippen molar-refractivity contribution in [1.29, 1.82) is 0 Å². The summed E-state index contributed by atoms with van der Waals surface area (Å²) in [6, 6.07) is 0. The molecule has 1 heterocycles. The molecule has 3 heteroatoms. The molecule has 0 saturated carbocycles. The highest BCUT2D eigenvalue weighted by Gasteiger charge is 2.29. The smallest absolute Gasteiger partial charge is 0.351 e. The average Bonchev–Trinajstić information content (AvgIpc) is 2.30. The summed E-state index contributed by atoms with van der Waals surface area (Å²) in [5.74, 6) is -0.817. The Bertz CT molecular complexity index is 225. The molecule has 0 bridgehead atoms. The third-order valence-electron chi connectivity index (χ3n) is 2.01. The van der Waals surface area contributed by atoms with Gasteiger partial charge in [-0.25, -0.2) is 4.79 Å². The highest BCUT2D eigenvalue weighted by molar-refractivity contribution is 5.86. The van der Waals surface area contributed by atoms with Crippen LogP contribution in [0.3, 0.4) is 0 Å². The quantitative estimate of drug-likeness (QED) is 0.646. The lowest BCUT2D eigenvalue weighted by molar-refractivity contribution is -0.134. The molecule has 0 spiro atoms. The first-order chi connectivity index (χ1) is 5.43. The number of aliphatic carboxylic acids is 1. The normalized spacial score (nSPS) is 17.9. The molecule has 12 heavy (non-hydrogen) atoms. The van der Waals surface area contributed by atoms with Crippen LogP contribution in [0.1, 0.15) is 27.2 Å². The van der Waals surface area contributed by atoms with Gasteiger partial charge in [0.15, 0.2) is 0 Å². The van der Waals surface area contributed by atoms with E-state index in [1.54, 1.807) is 6.08 Å². The fourth-order valence-corrected chi connectivity index (χ4v) is 1.46. The lowest BCUT2D eigenvalue weighted by Crippen LogP contribution is -2.40. The Hall–Kier alpha value is -0.990. The maximum Gasteiger partial charge on any atom is 0.351 e. The van der Waals surface area contributed by atoms with Crippen molar-refractivity contribution in [3.63, 3.8) is 0 Å². The zero-order valence-corrected chi connectivity index (χ0v) is 7.79. The molecule has 0 saturated heterocycles. The monoisotopic (exact) mass is 169 g/mol. The molecule has 1 aliphatic heterocycles. The Morgan fingerprint density at radius 1 is 1.58 bits per heavy atom. The van der Waals surface area contributed by atoms with E-state index in [1.165, 1.54) is 0 Å². The van der Waals surface area contributed by atoms with E-state index in [4.69, 9.17) is 5.11 Å². The maximum atomic E-state index is 10.7. The Kier molecular flexibility index (Phi) is 2.13. The molecule has 0 aliphatic carbocycles. The van der Waals surface area contributed by atoms with Gasteiger partial charge in [-0.1, -0.05) is 6.08 Å². The minimum absolute atomic E-state index is 0.0826. The summed E-state index contributed by atoms with van der Waals surface area (Å²) in [6.07, 6.45) is 2.63. The van der Waals surface area contributed by atoms with Crippen molar-refractivity contribution in [3.8, 4) is 0 Å². The first-order valence-corrected chi connectivity index (χ1v) is 4.14. The van der Waals surface area contributed by atoms with Crippen molar-refractivity contribution in [2.24, 2.45) is 0 Å². The summed E-state index contributed by atoms with van der Waals surface area (Å²) in [4.78, 5) is 12.7. The average molecular weight is 169 g/mol. The van der Waals surface area contributed by atoms with Crippen LogP contribution in [0.15, 0.2) is 11.8 Å². The van der Waals surface area contributed by atoms with Crippen molar-refractivity contribution in [1.82, 2.24) is 4.90 Å². The highest BCUT2D eigenvalue weighted by atomic mass is 16.4.